The Hall–Kier alpha value is -3.47. The first-order valence-corrected chi connectivity index (χ1v) is 13.5. The van der Waals surface area contributed by atoms with Gasteiger partial charge in [0.25, 0.3) is 11.8 Å². The first kappa shape index (κ1) is 22.0. The molecule has 0 bridgehead atoms. The maximum absolute atomic E-state index is 14.1. The van der Waals surface area contributed by atoms with Crippen molar-refractivity contribution in [2.24, 2.45) is 5.73 Å². The van der Waals surface area contributed by atoms with Gasteiger partial charge >= 0.3 is 0 Å². The van der Waals surface area contributed by atoms with Gasteiger partial charge in [0.2, 0.25) is 0 Å². The molecule has 2 aliphatic heterocycles. The average Bonchev–Trinajstić information content (AvgIpc) is 3.55. The van der Waals surface area contributed by atoms with Crippen LogP contribution in [0.4, 0.5) is 5.69 Å². The third-order valence-electron chi connectivity index (χ3n) is 6.97. The molecule has 0 radical (unpaired) electrons. The van der Waals surface area contributed by atoms with Crippen molar-refractivity contribution in [3.05, 3.63) is 47.3 Å². The zero-order valence-electron chi connectivity index (χ0n) is 19.2. The molecule has 6 rings (SSSR count). The second-order valence-corrected chi connectivity index (χ2v) is 11.8. The van der Waals surface area contributed by atoms with Crippen LogP contribution in [-0.2, 0) is 14.6 Å². The number of carbonyl (C=O) groups excluding carboxylic acids is 2. The van der Waals surface area contributed by atoms with E-state index in [1.165, 1.54) is 4.90 Å². The second-order valence-electron chi connectivity index (χ2n) is 9.55. The van der Waals surface area contributed by atoms with Crippen LogP contribution in [0.3, 0.4) is 0 Å². The van der Waals surface area contributed by atoms with Crippen LogP contribution in [0.1, 0.15) is 53.0 Å². The summed E-state index contributed by atoms with van der Waals surface area (Å²) >= 11 is 0. The van der Waals surface area contributed by atoms with E-state index in [-0.39, 0.29) is 35.9 Å². The third kappa shape index (κ3) is 3.74. The lowest BCUT2D eigenvalue weighted by molar-refractivity contribution is -0.124. The van der Waals surface area contributed by atoms with Crippen LogP contribution in [0.2, 0.25) is 0 Å². The van der Waals surface area contributed by atoms with Crippen LogP contribution in [0.15, 0.2) is 30.3 Å². The summed E-state index contributed by atoms with van der Waals surface area (Å²) < 4.78 is 31.7. The van der Waals surface area contributed by atoms with Crippen LogP contribution in [0.25, 0.3) is 11.0 Å². The maximum Gasteiger partial charge on any atom is 0.260 e. The number of rotatable bonds is 4. The lowest BCUT2D eigenvalue weighted by Crippen LogP contribution is -2.49. The second kappa shape index (κ2) is 7.77. The van der Waals surface area contributed by atoms with Crippen LogP contribution in [-0.4, -0.2) is 59.2 Å². The summed E-state index contributed by atoms with van der Waals surface area (Å²) in [5.41, 5.74) is 8.46. The summed E-state index contributed by atoms with van der Waals surface area (Å²) in [7, 11) is -3.13. The highest BCUT2D eigenvalue weighted by Crippen LogP contribution is 2.42. The predicted molar refractivity (Wildman–Crippen MR) is 128 cm³/mol. The number of benzene rings is 1. The molecule has 2 atom stereocenters. The first-order valence-electron chi connectivity index (χ1n) is 11.7. The van der Waals surface area contributed by atoms with Crippen molar-refractivity contribution in [1.82, 2.24) is 14.8 Å². The van der Waals surface area contributed by atoms with Crippen LogP contribution < -0.4 is 15.4 Å². The molecule has 2 unspecified atom stereocenters. The van der Waals surface area contributed by atoms with Crippen molar-refractivity contribution in [2.45, 2.75) is 44.2 Å². The number of nitrogens with two attached hydrogens (primary N) is 1. The summed E-state index contributed by atoms with van der Waals surface area (Å²) in [6.07, 6.45) is 1.47. The van der Waals surface area contributed by atoms with Gasteiger partial charge in [-0.1, -0.05) is 12.1 Å². The van der Waals surface area contributed by atoms with E-state index in [0.29, 0.717) is 40.1 Å². The van der Waals surface area contributed by atoms with Gasteiger partial charge in [0, 0.05) is 11.6 Å². The number of primary amides is 1. The van der Waals surface area contributed by atoms with Gasteiger partial charge in [-0.3, -0.25) is 9.59 Å². The molecule has 0 spiro atoms. The Kier molecular flexibility index (Phi) is 4.89. The molecule has 2 fully saturated rings. The molecule has 10 nitrogen and oxygen atoms in total. The summed E-state index contributed by atoms with van der Waals surface area (Å²) in [5, 5.41) is 5.25. The number of nitrogens with zero attached hydrogens (tertiary/aromatic N) is 4. The van der Waals surface area contributed by atoms with Gasteiger partial charge in [0.15, 0.2) is 21.6 Å². The van der Waals surface area contributed by atoms with Crippen molar-refractivity contribution < 1.29 is 22.7 Å². The molecule has 1 aliphatic carbocycles. The summed E-state index contributed by atoms with van der Waals surface area (Å²) in [6.45, 7) is 1.79. The molecule has 1 saturated heterocycles. The van der Waals surface area contributed by atoms with Gasteiger partial charge in [-0.05, 0) is 44.4 Å². The third-order valence-corrected chi connectivity index (χ3v) is 8.72. The van der Waals surface area contributed by atoms with E-state index in [0.717, 1.165) is 18.5 Å². The number of para-hydroxylation sites is 2. The predicted octanol–water partition coefficient (Wildman–Crippen LogP) is 1.87. The molecule has 1 saturated carbocycles. The summed E-state index contributed by atoms with van der Waals surface area (Å²) in [4.78, 5) is 32.4. The van der Waals surface area contributed by atoms with Crippen molar-refractivity contribution >= 4 is 38.4 Å². The minimum atomic E-state index is -3.13. The number of pyridine rings is 1. The Morgan fingerprint density at radius 3 is 2.63 bits per heavy atom. The standard InChI is InChI=1S/C24H25N5O5S/c1-13-21-16(24(31)28-11-20(22(25)30)34-19-5-3-2-4-18(19)28)10-17(14-6-7-14)26-23(21)29(27-13)15-8-9-35(32,33)12-15/h2-5,10,14-15,20H,6-9,11-12H2,1H3,(H2,25,30). The Morgan fingerprint density at radius 1 is 1.17 bits per heavy atom. The van der Waals surface area contributed by atoms with E-state index in [4.69, 9.17) is 15.5 Å². The molecule has 3 aliphatic rings. The highest BCUT2D eigenvalue weighted by molar-refractivity contribution is 7.91. The summed E-state index contributed by atoms with van der Waals surface area (Å²) in [6, 6.07) is 8.55. The summed E-state index contributed by atoms with van der Waals surface area (Å²) in [5.74, 6) is -0.153. The minimum Gasteiger partial charge on any atom is -0.477 e. The van der Waals surface area contributed by atoms with Crippen LogP contribution in [0.5, 0.6) is 5.75 Å². The lowest BCUT2D eigenvalue weighted by atomic mass is 10.0. The fourth-order valence-corrected chi connectivity index (χ4v) is 6.72. The molecule has 182 valence electrons. The topological polar surface area (TPSA) is 137 Å². The Balaban J connectivity index is 1.50. The van der Waals surface area contributed by atoms with E-state index in [9.17, 15) is 18.0 Å². The first-order chi connectivity index (χ1) is 16.7. The Morgan fingerprint density at radius 2 is 1.94 bits per heavy atom. The van der Waals surface area contributed by atoms with E-state index in [1.54, 1.807) is 35.9 Å². The monoisotopic (exact) mass is 495 g/mol. The SMILES string of the molecule is Cc1nn(C2CCS(=O)(=O)C2)c2nc(C3CC3)cc(C(=O)N3CC(C(N)=O)Oc4ccccc43)c12. The largest absolute Gasteiger partial charge is 0.477 e. The van der Waals surface area contributed by atoms with E-state index >= 15 is 0 Å². The molecule has 1 aromatic carbocycles. The number of amides is 2. The molecule has 35 heavy (non-hydrogen) atoms. The number of fused-ring (bicyclic) bond motifs is 2. The van der Waals surface area contributed by atoms with E-state index in [1.807, 2.05) is 6.07 Å². The number of hydrogen-bond acceptors (Lipinski definition) is 7. The molecule has 2 aromatic heterocycles. The fraction of sp³-hybridized carbons (Fsp3) is 0.417. The average molecular weight is 496 g/mol. The number of anilines is 1. The van der Waals surface area contributed by atoms with Crippen molar-refractivity contribution in [2.75, 3.05) is 23.0 Å². The van der Waals surface area contributed by atoms with Gasteiger partial charge in [-0.25, -0.2) is 18.1 Å². The number of carbonyl (C=O) groups is 2. The highest BCUT2D eigenvalue weighted by Gasteiger charge is 2.37. The van der Waals surface area contributed by atoms with Gasteiger partial charge < -0.3 is 15.4 Å². The molecule has 11 heteroatoms. The quantitative estimate of drug-likeness (QED) is 0.583. The van der Waals surface area contributed by atoms with E-state index < -0.39 is 21.8 Å². The molecular formula is C24H25N5O5S. The minimum absolute atomic E-state index is 0.0121. The number of hydrogen-bond donors (Lipinski definition) is 1. The number of aromatic nitrogens is 3. The number of ether oxygens (including phenoxy) is 1. The maximum atomic E-state index is 14.1. The van der Waals surface area contributed by atoms with Crippen molar-refractivity contribution in [1.29, 1.82) is 0 Å². The fourth-order valence-electron chi connectivity index (χ4n) is 5.03. The van der Waals surface area contributed by atoms with Gasteiger partial charge in [-0.15, -0.1) is 0 Å². The molecule has 2 amide bonds. The van der Waals surface area contributed by atoms with Gasteiger partial charge in [-0.2, -0.15) is 5.10 Å². The zero-order chi connectivity index (χ0) is 24.5. The number of sulfone groups is 1. The van der Waals surface area contributed by atoms with Gasteiger partial charge in [0.05, 0.1) is 46.4 Å². The Bertz CT molecular complexity index is 1490. The van der Waals surface area contributed by atoms with Gasteiger partial charge in [0.1, 0.15) is 5.75 Å². The van der Waals surface area contributed by atoms with Crippen molar-refractivity contribution in [3.63, 3.8) is 0 Å². The molecule has 2 N–H and O–H groups in total. The molecular weight excluding hydrogens is 470 g/mol. The van der Waals surface area contributed by atoms with E-state index in [2.05, 4.69) is 5.10 Å². The van der Waals surface area contributed by atoms with Crippen LogP contribution >= 0.6 is 0 Å². The van der Waals surface area contributed by atoms with Crippen molar-refractivity contribution in [3.8, 4) is 5.75 Å². The molecule has 4 heterocycles. The smallest absolute Gasteiger partial charge is 0.260 e. The highest BCUT2D eigenvalue weighted by atomic mass is 32.2. The normalized spacial score (nSPS) is 23.2. The lowest BCUT2D eigenvalue weighted by Gasteiger charge is -2.33. The Labute approximate surface area is 202 Å². The number of aryl methyl sites for hydroxylation is 1. The van der Waals surface area contributed by atoms with Crippen LogP contribution in [0, 0.1) is 6.92 Å². The molecule has 3 aromatic rings. The zero-order valence-corrected chi connectivity index (χ0v) is 20.0.